The van der Waals surface area contributed by atoms with Gasteiger partial charge in [0.05, 0.1) is 18.2 Å². The number of esters is 1. The zero-order valence-electron chi connectivity index (χ0n) is 7.87. The standard InChI is InChI=1S/C10H9NO2S/c1-6-8(10(12)13-2)4-3-7(5-11)9(6)14/h3-4,14H,1-2H3. The van der Waals surface area contributed by atoms with Crippen LogP contribution in [0.3, 0.4) is 0 Å². The average Bonchev–Trinajstić information content (AvgIpc) is 2.21. The SMILES string of the molecule is COC(=O)c1ccc(C#N)c(S)c1C. The van der Waals surface area contributed by atoms with E-state index in [1.807, 2.05) is 6.07 Å². The lowest BCUT2D eigenvalue weighted by atomic mass is 10.1. The molecule has 0 fully saturated rings. The van der Waals surface area contributed by atoms with Crippen molar-refractivity contribution in [2.45, 2.75) is 11.8 Å². The molecule has 14 heavy (non-hydrogen) atoms. The largest absolute Gasteiger partial charge is 0.465 e. The van der Waals surface area contributed by atoms with E-state index < -0.39 is 5.97 Å². The van der Waals surface area contributed by atoms with Crippen molar-refractivity contribution in [3.63, 3.8) is 0 Å². The van der Waals surface area contributed by atoms with Gasteiger partial charge in [-0.15, -0.1) is 12.6 Å². The summed E-state index contributed by atoms with van der Waals surface area (Å²) in [4.78, 5) is 11.8. The van der Waals surface area contributed by atoms with Gasteiger partial charge in [0.2, 0.25) is 0 Å². The van der Waals surface area contributed by atoms with Crippen molar-refractivity contribution in [2.24, 2.45) is 0 Å². The Kier molecular flexibility index (Phi) is 3.15. The zero-order valence-corrected chi connectivity index (χ0v) is 8.76. The molecule has 0 aliphatic rings. The van der Waals surface area contributed by atoms with Crippen molar-refractivity contribution in [3.8, 4) is 6.07 Å². The van der Waals surface area contributed by atoms with Crippen molar-refractivity contribution in [2.75, 3.05) is 7.11 Å². The molecule has 0 bridgehead atoms. The van der Waals surface area contributed by atoms with Gasteiger partial charge >= 0.3 is 5.97 Å². The molecule has 0 saturated carbocycles. The van der Waals surface area contributed by atoms with E-state index in [0.29, 0.717) is 21.6 Å². The Bertz CT molecular complexity index is 421. The molecule has 0 aliphatic carbocycles. The zero-order chi connectivity index (χ0) is 10.7. The molecule has 0 heterocycles. The molecule has 0 aromatic heterocycles. The lowest BCUT2D eigenvalue weighted by Crippen LogP contribution is -2.04. The van der Waals surface area contributed by atoms with E-state index in [9.17, 15) is 4.79 Å². The van der Waals surface area contributed by atoms with Gasteiger partial charge in [0.15, 0.2) is 0 Å². The Morgan fingerprint density at radius 1 is 1.57 bits per heavy atom. The lowest BCUT2D eigenvalue weighted by Gasteiger charge is -2.06. The fourth-order valence-corrected chi connectivity index (χ4v) is 1.37. The van der Waals surface area contributed by atoms with E-state index >= 15 is 0 Å². The molecule has 0 amide bonds. The molecule has 3 nitrogen and oxygen atoms in total. The molecule has 0 aliphatic heterocycles. The number of hydrogen-bond acceptors (Lipinski definition) is 4. The minimum absolute atomic E-state index is 0.415. The van der Waals surface area contributed by atoms with Crippen LogP contribution in [0.2, 0.25) is 0 Å². The normalized spacial score (nSPS) is 9.29. The maximum atomic E-state index is 11.2. The van der Waals surface area contributed by atoms with Crippen LogP contribution in [0.1, 0.15) is 21.5 Å². The Morgan fingerprint density at radius 2 is 2.21 bits per heavy atom. The molecule has 72 valence electrons. The van der Waals surface area contributed by atoms with Crippen LogP contribution >= 0.6 is 12.6 Å². The van der Waals surface area contributed by atoms with Gasteiger partial charge in [-0.05, 0) is 24.6 Å². The highest BCUT2D eigenvalue weighted by Gasteiger charge is 2.12. The molecule has 0 atom stereocenters. The van der Waals surface area contributed by atoms with Crippen molar-refractivity contribution < 1.29 is 9.53 Å². The summed E-state index contributed by atoms with van der Waals surface area (Å²) in [6, 6.07) is 5.12. The number of ether oxygens (including phenoxy) is 1. The highest BCUT2D eigenvalue weighted by Crippen LogP contribution is 2.22. The van der Waals surface area contributed by atoms with E-state index in [1.165, 1.54) is 7.11 Å². The van der Waals surface area contributed by atoms with Crippen molar-refractivity contribution in [1.82, 2.24) is 0 Å². The number of carbonyl (C=O) groups is 1. The summed E-state index contributed by atoms with van der Waals surface area (Å²) in [5.74, 6) is -0.415. The van der Waals surface area contributed by atoms with Crippen LogP contribution < -0.4 is 0 Å². The molecule has 0 saturated heterocycles. The summed E-state index contributed by atoms with van der Waals surface area (Å²) < 4.78 is 4.59. The number of nitrogens with zero attached hydrogens (tertiary/aromatic N) is 1. The Labute approximate surface area is 87.7 Å². The van der Waals surface area contributed by atoms with Gasteiger partial charge in [-0.3, -0.25) is 0 Å². The summed E-state index contributed by atoms with van der Waals surface area (Å²) in [6.07, 6.45) is 0. The fourth-order valence-electron chi connectivity index (χ4n) is 1.12. The Morgan fingerprint density at radius 3 is 2.71 bits per heavy atom. The van der Waals surface area contributed by atoms with E-state index in [1.54, 1.807) is 19.1 Å². The minimum atomic E-state index is -0.415. The van der Waals surface area contributed by atoms with E-state index in [-0.39, 0.29) is 0 Å². The third-order valence-corrected chi connectivity index (χ3v) is 2.53. The molecular formula is C10H9NO2S. The predicted octanol–water partition coefficient (Wildman–Crippen LogP) is 1.94. The first-order valence-electron chi connectivity index (χ1n) is 3.92. The predicted molar refractivity (Wildman–Crippen MR) is 54.5 cm³/mol. The second-order valence-electron chi connectivity index (χ2n) is 2.74. The monoisotopic (exact) mass is 207 g/mol. The van der Waals surface area contributed by atoms with Crippen LogP contribution in [0.25, 0.3) is 0 Å². The number of thiol groups is 1. The molecular weight excluding hydrogens is 198 g/mol. The van der Waals surface area contributed by atoms with Gasteiger partial charge in [-0.25, -0.2) is 4.79 Å². The molecule has 4 heteroatoms. The molecule has 0 spiro atoms. The van der Waals surface area contributed by atoms with Crippen LogP contribution in [-0.4, -0.2) is 13.1 Å². The number of hydrogen-bond donors (Lipinski definition) is 1. The number of rotatable bonds is 1. The highest BCUT2D eigenvalue weighted by atomic mass is 32.1. The van der Waals surface area contributed by atoms with Crippen LogP contribution in [0.15, 0.2) is 17.0 Å². The second-order valence-corrected chi connectivity index (χ2v) is 3.18. The van der Waals surface area contributed by atoms with Gasteiger partial charge in [0, 0.05) is 4.90 Å². The van der Waals surface area contributed by atoms with Gasteiger partial charge in [-0.1, -0.05) is 0 Å². The van der Waals surface area contributed by atoms with Crippen LogP contribution in [0, 0.1) is 18.3 Å². The maximum Gasteiger partial charge on any atom is 0.338 e. The van der Waals surface area contributed by atoms with Gasteiger partial charge < -0.3 is 4.74 Å². The fraction of sp³-hybridized carbons (Fsp3) is 0.200. The molecule has 1 aromatic carbocycles. The maximum absolute atomic E-state index is 11.2. The smallest absolute Gasteiger partial charge is 0.338 e. The third-order valence-electron chi connectivity index (χ3n) is 1.96. The van der Waals surface area contributed by atoms with Gasteiger partial charge in [-0.2, -0.15) is 5.26 Å². The molecule has 0 unspecified atom stereocenters. The molecule has 0 N–H and O–H groups in total. The average molecular weight is 207 g/mol. The van der Waals surface area contributed by atoms with E-state index in [4.69, 9.17) is 5.26 Å². The first kappa shape index (κ1) is 10.6. The second kappa shape index (κ2) is 4.16. The minimum Gasteiger partial charge on any atom is -0.465 e. The number of benzene rings is 1. The summed E-state index contributed by atoms with van der Waals surface area (Å²) in [6.45, 7) is 1.73. The molecule has 1 rings (SSSR count). The summed E-state index contributed by atoms with van der Waals surface area (Å²) >= 11 is 4.16. The summed E-state index contributed by atoms with van der Waals surface area (Å²) in [5, 5.41) is 8.71. The highest BCUT2D eigenvalue weighted by molar-refractivity contribution is 7.80. The first-order chi connectivity index (χ1) is 6.61. The third kappa shape index (κ3) is 1.73. The topological polar surface area (TPSA) is 50.1 Å². The molecule has 0 radical (unpaired) electrons. The Balaban J connectivity index is 3.33. The quantitative estimate of drug-likeness (QED) is 0.565. The summed E-state index contributed by atoms with van der Waals surface area (Å²) in [5.41, 5.74) is 1.56. The van der Waals surface area contributed by atoms with Crippen molar-refractivity contribution in [3.05, 3.63) is 28.8 Å². The lowest BCUT2D eigenvalue weighted by molar-refractivity contribution is 0.0599. The van der Waals surface area contributed by atoms with Crippen LogP contribution in [0.4, 0.5) is 0 Å². The van der Waals surface area contributed by atoms with Crippen LogP contribution in [0.5, 0.6) is 0 Å². The number of carbonyl (C=O) groups excluding carboxylic acids is 1. The summed E-state index contributed by atoms with van der Waals surface area (Å²) in [7, 11) is 1.32. The van der Waals surface area contributed by atoms with Gasteiger partial charge in [0.25, 0.3) is 0 Å². The van der Waals surface area contributed by atoms with E-state index in [0.717, 1.165) is 0 Å². The van der Waals surface area contributed by atoms with Crippen LogP contribution in [-0.2, 0) is 4.74 Å². The van der Waals surface area contributed by atoms with Gasteiger partial charge in [0.1, 0.15) is 6.07 Å². The Hall–Kier alpha value is -1.47. The van der Waals surface area contributed by atoms with Crippen molar-refractivity contribution in [1.29, 1.82) is 5.26 Å². The molecule has 1 aromatic rings. The van der Waals surface area contributed by atoms with E-state index in [2.05, 4.69) is 17.4 Å². The first-order valence-corrected chi connectivity index (χ1v) is 4.37. The number of nitriles is 1. The van der Waals surface area contributed by atoms with Crippen molar-refractivity contribution >= 4 is 18.6 Å². The number of methoxy groups -OCH3 is 1.